The predicted octanol–water partition coefficient (Wildman–Crippen LogP) is 2.06. The van der Waals surface area contributed by atoms with Gasteiger partial charge in [-0.2, -0.15) is 0 Å². The second kappa shape index (κ2) is 7.50. The summed E-state index contributed by atoms with van der Waals surface area (Å²) in [5.41, 5.74) is 0. The fourth-order valence-corrected chi connectivity index (χ4v) is 2.06. The van der Waals surface area contributed by atoms with Crippen molar-refractivity contribution in [3.63, 3.8) is 0 Å². The van der Waals surface area contributed by atoms with Crippen LogP contribution < -0.4 is 10.6 Å². The predicted molar refractivity (Wildman–Crippen MR) is 71.5 cm³/mol. The zero-order valence-electron chi connectivity index (χ0n) is 10.1. The monoisotopic (exact) mass is 268 g/mol. The first kappa shape index (κ1) is 14.2. The third kappa shape index (κ3) is 5.49. The Morgan fingerprint density at radius 3 is 2.83 bits per heavy atom. The van der Waals surface area contributed by atoms with Crippen molar-refractivity contribution in [2.24, 2.45) is 0 Å². The molecule has 1 heterocycles. The molecule has 0 aliphatic heterocycles. The van der Waals surface area contributed by atoms with Gasteiger partial charge in [0.2, 0.25) is 0 Å². The Bertz CT molecular complexity index is 440. The summed E-state index contributed by atoms with van der Waals surface area (Å²) in [6, 6.07) is 3.50. The molecule has 98 valence electrons. The van der Waals surface area contributed by atoms with Crippen LogP contribution >= 0.6 is 11.3 Å². The van der Waals surface area contributed by atoms with Crippen LogP contribution in [0.4, 0.5) is 4.79 Å². The number of hydrogen-bond donors (Lipinski definition) is 3. The van der Waals surface area contributed by atoms with E-state index in [2.05, 4.69) is 10.6 Å². The number of carbonyl (C=O) groups is 2. The largest absolute Gasteiger partial charge is 0.478 e. The van der Waals surface area contributed by atoms with Gasteiger partial charge >= 0.3 is 12.0 Å². The first-order valence-corrected chi connectivity index (χ1v) is 6.45. The number of carbonyl (C=O) groups excluding carboxylic acids is 1. The third-order valence-corrected chi connectivity index (χ3v) is 3.08. The average molecular weight is 268 g/mol. The lowest BCUT2D eigenvalue weighted by Crippen LogP contribution is -2.35. The molecule has 1 aromatic heterocycles. The van der Waals surface area contributed by atoms with Crippen LogP contribution in [0.2, 0.25) is 0 Å². The fourth-order valence-electron chi connectivity index (χ4n) is 1.20. The van der Waals surface area contributed by atoms with Crippen LogP contribution in [0.3, 0.4) is 0 Å². The molecule has 18 heavy (non-hydrogen) atoms. The van der Waals surface area contributed by atoms with Gasteiger partial charge in [-0.05, 0) is 24.6 Å². The van der Waals surface area contributed by atoms with Crippen LogP contribution in [0.5, 0.6) is 0 Å². The highest BCUT2D eigenvalue weighted by molar-refractivity contribution is 7.12. The number of hydrogen-bond acceptors (Lipinski definition) is 3. The lowest BCUT2D eigenvalue weighted by Gasteiger charge is -2.04. The number of urea groups is 1. The molecule has 0 saturated heterocycles. The van der Waals surface area contributed by atoms with E-state index in [1.54, 1.807) is 0 Å². The highest BCUT2D eigenvalue weighted by Gasteiger charge is 2.01. The highest BCUT2D eigenvalue weighted by atomic mass is 32.1. The Kier molecular flexibility index (Phi) is 5.93. The van der Waals surface area contributed by atoms with Crippen molar-refractivity contribution >= 4 is 29.4 Å². The first-order valence-electron chi connectivity index (χ1n) is 5.63. The van der Waals surface area contributed by atoms with Gasteiger partial charge in [0, 0.05) is 22.4 Å². The van der Waals surface area contributed by atoms with Crippen LogP contribution in [0.1, 0.15) is 23.1 Å². The number of rotatable bonds is 6. The summed E-state index contributed by atoms with van der Waals surface area (Å²) in [4.78, 5) is 23.5. The van der Waals surface area contributed by atoms with Gasteiger partial charge in [0.15, 0.2) is 0 Å². The number of aliphatic carboxylic acids is 1. The van der Waals surface area contributed by atoms with E-state index in [0.29, 0.717) is 13.1 Å². The lowest BCUT2D eigenvalue weighted by atomic mass is 10.4. The van der Waals surface area contributed by atoms with Gasteiger partial charge in [0.1, 0.15) is 0 Å². The molecule has 0 aliphatic carbocycles. The maximum absolute atomic E-state index is 11.3. The minimum atomic E-state index is -0.970. The minimum absolute atomic E-state index is 0.187. The van der Waals surface area contributed by atoms with Gasteiger partial charge in [0.25, 0.3) is 0 Å². The molecule has 1 rings (SSSR count). The second-order valence-electron chi connectivity index (χ2n) is 3.59. The number of amides is 2. The van der Waals surface area contributed by atoms with E-state index < -0.39 is 5.97 Å². The molecule has 0 atom stereocenters. The second-order valence-corrected chi connectivity index (χ2v) is 4.79. The van der Waals surface area contributed by atoms with Crippen molar-refractivity contribution in [2.45, 2.75) is 19.9 Å². The maximum atomic E-state index is 11.3. The molecule has 2 amide bonds. The summed E-state index contributed by atoms with van der Waals surface area (Å²) in [5.74, 6) is -0.970. The normalized spacial score (nSPS) is 10.5. The number of thiophene rings is 1. The zero-order valence-corrected chi connectivity index (χ0v) is 10.9. The molecule has 6 heteroatoms. The molecule has 5 nitrogen and oxygen atoms in total. The highest BCUT2D eigenvalue weighted by Crippen LogP contribution is 2.17. The van der Waals surface area contributed by atoms with Crippen molar-refractivity contribution in [1.82, 2.24) is 10.6 Å². The number of nitrogens with one attached hydrogen (secondary N) is 2. The summed E-state index contributed by atoms with van der Waals surface area (Å²) < 4.78 is 0. The smallest absolute Gasteiger partial charge is 0.328 e. The number of carboxylic acid groups (broad SMARTS) is 1. The van der Waals surface area contributed by atoms with Gasteiger partial charge in [-0.3, -0.25) is 0 Å². The standard InChI is InChI=1S/C12H16N2O3S/c1-2-7-13-12(17)14-8-10-4-3-9(18-10)5-6-11(15)16/h3-6H,2,7-8H2,1H3,(H,15,16)(H2,13,14,17). The van der Waals surface area contributed by atoms with Crippen molar-refractivity contribution in [2.75, 3.05) is 6.54 Å². The van der Waals surface area contributed by atoms with Crippen LogP contribution in [0, 0.1) is 0 Å². The molecule has 0 saturated carbocycles. The summed E-state index contributed by atoms with van der Waals surface area (Å²) in [7, 11) is 0. The molecule has 0 unspecified atom stereocenters. The van der Waals surface area contributed by atoms with Gasteiger partial charge < -0.3 is 15.7 Å². The van der Waals surface area contributed by atoms with E-state index in [0.717, 1.165) is 22.3 Å². The molecular formula is C12H16N2O3S. The lowest BCUT2D eigenvalue weighted by molar-refractivity contribution is -0.131. The molecular weight excluding hydrogens is 252 g/mol. The molecule has 0 fully saturated rings. The van der Waals surface area contributed by atoms with E-state index in [-0.39, 0.29) is 6.03 Å². The SMILES string of the molecule is CCCNC(=O)NCc1ccc(C=CC(=O)O)s1. The number of carboxylic acids is 1. The van der Waals surface area contributed by atoms with Crippen molar-refractivity contribution in [3.8, 4) is 0 Å². The van der Waals surface area contributed by atoms with Crippen LogP contribution in [-0.2, 0) is 11.3 Å². The molecule has 1 aromatic rings. The molecule has 0 aliphatic rings. The molecule has 0 spiro atoms. The topological polar surface area (TPSA) is 78.4 Å². The van der Waals surface area contributed by atoms with E-state index >= 15 is 0 Å². The first-order chi connectivity index (χ1) is 8.61. The molecule has 0 bridgehead atoms. The Morgan fingerprint density at radius 1 is 1.39 bits per heavy atom. The van der Waals surface area contributed by atoms with Crippen LogP contribution in [0.15, 0.2) is 18.2 Å². The Hall–Kier alpha value is -1.82. The van der Waals surface area contributed by atoms with Gasteiger partial charge in [0.05, 0.1) is 6.54 Å². The Labute approximate surface area is 110 Å². The van der Waals surface area contributed by atoms with Crippen LogP contribution in [0.25, 0.3) is 6.08 Å². The minimum Gasteiger partial charge on any atom is -0.478 e. The van der Waals surface area contributed by atoms with Crippen molar-refractivity contribution in [3.05, 3.63) is 28.0 Å². The molecule has 3 N–H and O–H groups in total. The van der Waals surface area contributed by atoms with Gasteiger partial charge in [-0.1, -0.05) is 6.92 Å². The zero-order chi connectivity index (χ0) is 13.4. The summed E-state index contributed by atoms with van der Waals surface area (Å²) in [6.07, 6.45) is 3.53. The summed E-state index contributed by atoms with van der Waals surface area (Å²) >= 11 is 1.45. The Morgan fingerprint density at radius 2 is 2.17 bits per heavy atom. The van der Waals surface area contributed by atoms with E-state index in [4.69, 9.17) is 5.11 Å². The van der Waals surface area contributed by atoms with Crippen molar-refractivity contribution in [1.29, 1.82) is 0 Å². The quantitative estimate of drug-likeness (QED) is 0.691. The van der Waals surface area contributed by atoms with E-state index in [1.165, 1.54) is 17.4 Å². The van der Waals surface area contributed by atoms with Crippen molar-refractivity contribution < 1.29 is 14.7 Å². The summed E-state index contributed by atoms with van der Waals surface area (Å²) in [6.45, 7) is 3.09. The van der Waals surface area contributed by atoms with Gasteiger partial charge in [-0.15, -0.1) is 11.3 Å². The summed E-state index contributed by atoms with van der Waals surface area (Å²) in [5, 5.41) is 13.9. The van der Waals surface area contributed by atoms with Crippen LogP contribution in [-0.4, -0.2) is 23.7 Å². The maximum Gasteiger partial charge on any atom is 0.328 e. The average Bonchev–Trinajstić information content (AvgIpc) is 2.79. The molecule has 0 aromatic carbocycles. The fraction of sp³-hybridized carbons (Fsp3) is 0.333. The molecule has 0 radical (unpaired) electrons. The van der Waals surface area contributed by atoms with E-state index in [9.17, 15) is 9.59 Å². The Balaban J connectivity index is 2.39. The van der Waals surface area contributed by atoms with E-state index in [1.807, 2.05) is 19.1 Å². The van der Waals surface area contributed by atoms with Gasteiger partial charge in [-0.25, -0.2) is 9.59 Å². The third-order valence-electron chi connectivity index (χ3n) is 2.03.